The number of carbonyl (C=O) groups is 1. The molecule has 0 aliphatic heterocycles. The van der Waals surface area contributed by atoms with E-state index in [1.165, 1.54) is 0 Å². The van der Waals surface area contributed by atoms with Crippen LogP contribution in [0.5, 0.6) is 0 Å². The van der Waals surface area contributed by atoms with Gasteiger partial charge in [0.05, 0.1) is 23.4 Å². The molecule has 1 unspecified atom stereocenters. The first-order valence-corrected chi connectivity index (χ1v) is 10.9. The molecule has 3 aromatic heterocycles. The lowest BCUT2D eigenvalue weighted by atomic mass is 9.82. The molecule has 1 aliphatic rings. The van der Waals surface area contributed by atoms with Gasteiger partial charge in [-0.15, -0.1) is 0 Å². The van der Waals surface area contributed by atoms with Crippen LogP contribution in [0.15, 0.2) is 53.6 Å². The number of carbonyl (C=O) groups excluding carboxylic acids is 1. The van der Waals surface area contributed by atoms with E-state index in [0.717, 1.165) is 42.3 Å². The van der Waals surface area contributed by atoms with Gasteiger partial charge in [0.2, 0.25) is 0 Å². The Kier molecular flexibility index (Phi) is 5.22. The average Bonchev–Trinajstić information content (AvgIpc) is 3.24. The van der Waals surface area contributed by atoms with Gasteiger partial charge in [-0.3, -0.25) is 14.0 Å². The second kappa shape index (κ2) is 8.20. The second-order valence-corrected chi connectivity index (χ2v) is 8.51. The Balaban J connectivity index is 1.28. The number of aliphatic hydroxyl groups is 1. The quantitative estimate of drug-likeness (QED) is 0.460. The van der Waals surface area contributed by atoms with Crippen molar-refractivity contribution in [2.75, 3.05) is 0 Å². The van der Waals surface area contributed by atoms with E-state index in [2.05, 4.69) is 20.5 Å². The van der Waals surface area contributed by atoms with Crippen molar-refractivity contribution in [1.82, 2.24) is 24.9 Å². The molecule has 0 spiro atoms. The first kappa shape index (κ1) is 20.4. The summed E-state index contributed by atoms with van der Waals surface area (Å²) in [6, 6.07) is 11.2. The molecular weight excluding hydrogens is 406 g/mol. The van der Waals surface area contributed by atoms with Crippen LogP contribution in [0.4, 0.5) is 0 Å². The molecule has 32 heavy (non-hydrogen) atoms. The van der Waals surface area contributed by atoms with Crippen LogP contribution >= 0.6 is 0 Å². The monoisotopic (exact) mass is 431 g/mol. The molecule has 0 bridgehead atoms. The Bertz CT molecular complexity index is 1350. The molecule has 4 aromatic rings. The summed E-state index contributed by atoms with van der Waals surface area (Å²) in [5.74, 6) is 0.0953. The molecule has 164 valence electrons. The number of pyridine rings is 1. The van der Waals surface area contributed by atoms with Crippen LogP contribution in [0.3, 0.4) is 0 Å². The molecule has 1 atom stereocenters. The van der Waals surface area contributed by atoms with E-state index in [0.29, 0.717) is 16.7 Å². The van der Waals surface area contributed by atoms with E-state index in [4.69, 9.17) is 0 Å². The Morgan fingerprint density at radius 2 is 1.94 bits per heavy atom. The molecule has 1 saturated carbocycles. The lowest BCUT2D eigenvalue weighted by Crippen LogP contribution is -2.38. The fourth-order valence-corrected chi connectivity index (χ4v) is 4.64. The van der Waals surface area contributed by atoms with Crippen molar-refractivity contribution in [3.63, 3.8) is 0 Å². The summed E-state index contributed by atoms with van der Waals surface area (Å²) in [6.45, 7) is 1.70. The number of hydrogen-bond acceptors (Lipinski definition) is 5. The number of H-pyrrole nitrogens is 1. The van der Waals surface area contributed by atoms with Gasteiger partial charge >= 0.3 is 0 Å². The maximum atomic E-state index is 12.9. The summed E-state index contributed by atoms with van der Waals surface area (Å²) in [5.41, 5.74) is 2.64. The number of fused-ring (bicyclic) bond motifs is 2. The van der Waals surface area contributed by atoms with Crippen molar-refractivity contribution >= 4 is 22.3 Å². The van der Waals surface area contributed by atoms with E-state index >= 15 is 0 Å². The lowest BCUT2D eigenvalue weighted by molar-refractivity contribution is 0.0919. The SMILES string of the molecule is CC(O)c1ccn2c(C(=O)N[C@H]3CC[C@H](c4n[nH]c(=O)c5ccccc54)CC3)cnc2c1. The Hall–Kier alpha value is -3.52. The zero-order valence-electron chi connectivity index (χ0n) is 17.8. The fourth-order valence-electron chi connectivity index (χ4n) is 4.64. The van der Waals surface area contributed by atoms with Gasteiger partial charge in [-0.05, 0) is 56.4 Å². The van der Waals surface area contributed by atoms with Gasteiger partial charge in [-0.25, -0.2) is 10.1 Å². The number of aromatic nitrogens is 4. The van der Waals surface area contributed by atoms with Crippen LogP contribution in [0.1, 0.15) is 66.4 Å². The highest BCUT2D eigenvalue weighted by molar-refractivity contribution is 5.93. The third kappa shape index (κ3) is 3.67. The number of aromatic amines is 1. The molecule has 3 heterocycles. The Morgan fingerprint density at radius 1 is 1.19 bits per heavy atom. The van der Waals surface area contributed by atoms with Crippen molar-refractivity contribution in [3.05, 3.63) is 76.1 Å². The lowest BCUT2D eigenvalue weighted by Gasteiger charge is -2.29. The standard InChI is InChI=1S/C24H25N5O3/c1-14(30)16-10-11-29-20(13-25-21(29)12-16)24(32)26-17-8-6-15(7-9-17)22-18-4-2-3-5-19(18)23(31)28-27-22/h2-5,10-15,17,30H,6-9H2,1H3,(H,26,32)(H,28,31)/t14?,15-,17-. The van der Waals surface area contributed by atoms with Gasteiger partial charge < -0.3 is 10.4 Å². The molecule has 0 saturated heterocycles. The number of benzene rings is 1. The van der Waals surface area contributed by atoms with Gasteiger partial charge in [0.25, 0.3) is 11.5 Å². The zero-order chi connectivity index (χ0) is 22.2. The van der Waals surface area contributed by atoms with E-state index < -0.39 is 6.10 Å². The number of amides is 1. The van der Waals surface area contributed by atoms with Crippen molar-refractivity contribution in [2.45, 2.75) is 50.7 Å². The number of rotatable bonds is 4. The molecule has 5 rings (SSSR count). The molecule has 1 fully saturated rings. The minimum absolute atomic E-state index is 0.0788. The number of nitrogens with one attached hydrogen (secondary N) is 2. The van der Waals surface area contributed by atoms with Crippen LogP contribution in [-0.4, -0.2) is 36.6 Å². The smallest absolute Gasteiger partial charge is 0.272 e. The molecule has 8 heteroatoms. The van der Waals surface area contributed by atoms with E-state index in [1.807, 2.05) is 24.3 Å². The van der Waals surface area contributed by atoms with Crippen molar-refractivity contribution in [2.24, 2.45) is 0 Å². The largest absolute Gasteiger partial charge is 0.389 e. The van der Waals surface area contributed by atoms with Crippen LogP contribution in [-0.2, 0) is 0 Å². The normalized spacial score (nSPS) is 19.8. The first-order chi connectivity index (χ1) is 15.5. The van der Waals surface area contributed by atoms with Crippen LogP contribution in [0, 0.1) is 0 Å². The number of aliphatic hydroxyl groups excluding tert-OH is 1. The predicted molar refractivity (Wildman–Crippen MR) is 121 cm³/mol. The molecule has 8 nitrogen and oxygen atoms in total. The summed E-state index contributed by atoms with van der Waals surface area (Å²) in [4.78, 5) is 29.3. The molecular formula is C24H25N5O3. The minimum Gasteiger partial charge on any atom is -0.389 e. The maximum absolute atomic E-state index is 12.9. The summed E-state index contributed by atoms with van der Waals surface area (Å²) < 4.78 is 1.74. The third-order valence-electron chi connectivity index (χ3n) is 6.43. The second-order valence-electron chi connectivity index (χ2n) is 8.51. The predicted octanol–water partition coefficient (Wildman–Crippen LogP) is 3.08. The zero-order valence-corrected chi connectivity index (χ0v) is 17.8. The van der Waals surface area contributed by atoms with E-state index in [-0.39, 0.29) is 23.4 Å². The molecule has 1 aliphatic carbocycles. The van der Waals surface area contributed by atoms with Gasteiger partial charge in [-0.2, -0.15) is 5.10 Å². The minimum atomic E-state index is -0.585. The highest BCUT2D eigenvalue weighted by Gasteiger charge is 2.27. The van der Waals surface area contributed by atoms with Crippen molar-refractivity contribution in [1.29, 1.82) is 0 Å². The third-order valence-corrected chi connectivity index (χ3v) is 6.43. The molecule has 0 radical (unpaired) electrons. The Morgan fingerprint density at radius 3 is 2.69 bits per heavy atom. The van der Waals surface area contributed by atoms with Gasteiger partial charge in [0, 0.05) is 23.5 Å². The highest BCUT2D eigenvalue weighted by Crippen LogP contribution is 2.34. The van der Waals surface area contributed by atoms with Gasteiger partial charge in [0.15, 0.2) is 0 Å². The number of imidazole rings is 1. The molecule has 3 N–H and O–H groups in total. The summed E-state index contributed by atoms with van der Waals surface area (Å²) in [7, 11) is 0. The topological polar surface area (TPSA) is 112 Å². The van der Waals surface area contributed by atoms with Crippen LogP contribution in [0.2, 0.25) is 0 Å². The van der Waals surface area contributed by atoms with Gasteiger partial charge in [0.1, 0.15) is 11.3 Å². The van der Waals surface area contributed by atoms with Crippen LogP contribution in [0.25, 0.3) is 16.4 Å². The van der Waals surface area contributed by atoms with Crippen LogP contribution < -0.4 is 10.9 Å². The van der Waals surface area contributed by atoms with Crippen molar-refractivity contribution < 1.29 is 9.90 Å². The molecule has 1 amide bonds. The average molecular weight is 431 g/mol. The fraction of sp³-hybridized carbons (Fsp3) is 0.333. The van der Waals surface area contributed by atoms with Crippen molar-refractivity contribution in [3.8, 4) is 0 Å². The highest BCUT2D eigenvalue weighted by atomic mass is 16.3. The summed E-state index contributed by atoms with van der Waals surface area (Å²) in [6.07, 6.45) is 6.21. The molecule has 1 aromatic carbocycles. The number of hydrogen-bond donors (Lipinski definition) is 3. The van der Waals surface area contributed by atoms with E-state index in [9.17, 15) is 14.7 Å². The Labute approximate surface area is 184 Å². The summed E-state index contributed by atoms with van der Waals surface area (Å²) >= 11 is 0. The maximum Gasteiger partial charge on any atom is 0.272 e. The first-order valence-electron chi connectivity index (χ1n) is 10.9. The van der Waals surface area contributed by atoms with Gasteiger partial charge in [-0.1, -0.05) is 18.2 Å². The van der Waals surface area contributed by atoms with E-state index in [1.54, 1.807) is 35.9 Å². The number of nitrogens with zero attached hydrogens (tertiary/aromatic N) is 3. The summed E-state index contributed by atoms with van der Waals surface area (Å²) in [5, 5.41) is 21.5.